The van der Waals surface area contributed by atoms with E-state index < -0.39 is 11.9 Å². The summed E-state index contributed by atoms with van der Waals surface area (Å²) in [4.78, 5) is 23.8. The average molecular weight is 241 g/mol. The summed E-state index contributed by atoms with van der Waals surface area (Å²) in [6.07, 6.45) is 0. The van der Waals surface area contributed by atoms with Crippen molar-refractivity contribution >= 4 is 28.8 Å². The lowest BCUT2D eigenvalue weighted by atomic mass is 10.1. The first-order valence-electron chi connectivity index (χ1n) is 4.37. The molecule has 5 nitrogen and oxygen atoms in total. The second-order valence-corrected chi connectivity index (χ2v) is 4.15. The molecule has 0 aromatic carbocycles. The summed E-state index contributed by atoms with van der Waals surface area (Å²) in [6, 6.07) is 3.26. The normalized spacial score (nSPS) is 11.9. The number of carbonyl (C=O) groups is 2. The fourth-order valence-electron chi connectivity index (χ4n) is 1.27. The van der Waals surface area contributed by atoms with Crippen LogP contribution in [0.4, 0.5) is 0 Å². The van der Waals surface area contributed by atoms with Crippen LogP contribution in [0.15, 0.2) is 23.2 Å². The van der Waals surface area contributed by atoms with Crippen molar-refractivity contribution < 1.29 is 19.8 Å². The monoisotopic (exact) mass is 241 g/mol. The smallest absolute Gasteiger partial charge is 0.353 e. The maximum absolute atomic E-state index is 11.1. The molecule has 86 valence electrons. The van der Waals surface area contributed by atoms with Crippen LogP contribution in [0.5, 0.6) is 0 Å². The van der Waals surface area contributed by atoms with Crippen LogP contribution in [-0.4, -0.2) is 41.1 Å². The highest BCUT2D eigenvalue weighted by molar-refractivity contribution is 7.11. The Morgan fingerprint density at radius 2 is 1.88 bits per heavy atom. The summed E-state index contributed by atoms with van der Waals surface area (Å²) in [6.45, 7) is 0. The number of nitrogens with zero attached hydrogens (tertiary/aromatic N) is 1. The predicted molar refractivity (Wildman–Crippen MR) is 60.2 cm³/mol. The number of carboxylic acids is 2. The summed E-state index contributed by atoms with van der Waals surface area (Å²) in [7, 11) is 3.00. The van der Waals surface area contributed by atoms with Crippen molar-refractivity contribution in [3.63, 3.8) is 0 Å². The number of aliphatic carboxylic acids is 2. The zero-order valence-corrected chi connectivity index (χ0v) is 9.61. The fourth-order valence-corrected chi connectivity index (χ4v) is 2.03. The Morgan fingerprint density at radius 3 is 2.19 bits per heavy atom. The van der Waals surface area contributed by atoms with E-state index in [1.807, 2.05) is 0 Å². The van der Waals surface area contributed by atoms with E-state index in [2.05, 4.69) is 0 Å². The van der Waals surface area contributed by atoms with Crippen molar-refractivity contribution in [2.75, 3.05) is 14.1 Å². The van der Waals surface area contributed by atoms with E-state index in [-0.39, 0.29) is 11.3 Å². The first kappa shape index (κ1) is 12.3. The Kier molecular flexibility index (Phi) is 3.68. The van der Waals surface area contributed by atoms with Crippen LogP contribution in [-0.2, 0) is 9.59 Å². The zero-order chi connectivity index (χ0) is 12.3. The Morgan fingerprint density at radius 1 is 1.25 bits per heavy atom. The van der Waals surface area contributed by atoms with E-state index in [0.717, 1.165) is 0 Å². The molecule has 2 N–H and O–H groups in total. The van der Waals surface area contributed by atoms with Crippen LogP contribution in [0.3, 0.4) is 0 Å². The predicted octanol–water partition coefficient (Wildman–Crippen LogP) is 1.19. The molecule has 0 radical (unpaired) electrons. The quantitative estimate of drug-likeness (QED) is 0.774. The topological polar surface area (TPSA) is 77.8 Å². The van der Waals surface area contributed by atoms with Crippen molar-refractivity contribution in [3.8, 4) is 0 Å². The third kappa shape index (κ3) is 2.40. The summed E-state index contributed by atoms with van der Waals surface area (Å²) in [5.41, 5.74) is -0.414. The van der Waals surface area contributed by atoms with E-state index in [4.69, 9.17) is 10.2 Å². The molecule has 0 aliphatic heterocycles. The molecule has 0 aliphatic rings. The minimum absolute atomic E-state index is 0.187. The first-order valence-corrected chi connectivity index (χ1v) is 5.25. The van der Waals surface area contributed by atoms with Gasteiger partial charge in [0.2, 0.25) is 0 Å². The molecule has 1 heterocycles. The molecule has 0 amide bonds. The maximum Gasteiger partial charge on any atom is 0.353 e. The van der Waals surface area contributed by atoms with E-state index >= 15 is 0 Å². The number of hydrogen-bond donors (Lipinski definition) is 2. The molecule has 1 aromatic rings. The average Bonchev–Trinajstić information content (AvgIpc) is 2.64. The minimum Gasteiger partial charge on any atom is -0.478 e. The van der Waals surface area contributed by atoms with Gasteiger partial charge in [-0.1, -0.05) is 6.07 Å². The van der Waals surface area contributed by atoms with Crippen LogP contribution in [0.2, 0.25) is 0 Å². The van der Waals surface area contributed by atoms with Crippen molar-refractivity contribution in [3.05, 3.63) is 28.1 Å². The summed E-state index contributed by atoms with van der Waals surface area (Å²) < 4.78 is 0. The van der Waals surface area contributed by atoms with E-state index in [1.165, 1.54) is 30.3 Å². The molecule has 0 fully saturated rings. The molecule has 16 heavy (non-hydrogen) atoms. The molecule has 0 spiro atoms. The van der Waals surface area contributed by atoms with Gasteiger partial charge in [0.15, 0.2) is 0 Å². The van der Waals surface area contributed by atoms with Gasteiger partial charge in [0.1, 0.15) is 11.3 Å². The van der Waals surface area contributed by atoms with Crippen molar-refractivity contribution in [2.24, 2.45) is 0 Å². The van der Waals surface area contributed by atoms with Crippen molar-refractivity contribution in [1.82, 2.24) is 4.90 Å². The van der Waals surface area contributed by atoms with Gasteiger partial charge in [0.05, 0.1) is 0 Å². The van der Waals surface area contributed by atoms with Gasteiger partial charge in [-0.2, -0.15) is 0 Å². The number of thiophene rings is 1. The molecule has 1 rings (SSSR count). The lowest BCUT2D eigenvalue weighted by molar-refractivity contribution is -0.135. The first-order chi connectivity index (χ1) is 7.45. The van der Waals surface area contributed by atoms with Gasteiger partial charge >= 0.3 is 11.9 Å². The zero-order valence-electron chi connectivity index (χ0n) is 8.80. The minimum atomic E-state index is -1.25. The third-order valence-electron chi connectivity index (χ3n) is 1.87. The van der Waals surface area contributed by atoms with E-state index in [1.54, 1.807) is 17.5 Å². The molecule has 6 heteroatoms. The highest BCUT2D eigenvalue weighted by Gasteiger charge is 2.24. The van der Waals surface area contributed by atoms with E-state index in [9.17, 15) is 9.59 Å². The van der Waals surface area contributed by atoms with Gasteiger partial charge in [-0.15, -0.1) is 11.3 Å². The SMILES string of the molecule is CN(C)C(C(=O)O)=C(C(=O)O)c1cccs1. The maximum atomic E-state index is 11.1. The molecule has 0 bridgehead atoms. The second-order valence-electron chi connectivity index (χ2n) is 3.21. The molecule has 0 saturated carbocycles. The van der Waals surface area contributed by atoms with Gasteiger partial charge in [0, 0.05) is 19.0 Å². The Bertz CT molecular complexity index is 434. The Hall–Kier alpha value is -1.82. The molecule has 1 aromatic heterocycles. The second kappa shape index (κ2) is 4.80. The van der Waals surface area contributed by atoms with Crippen LogP contribution in [0.1, 0.15) is 4.88 Å². The summed E-state index contributed by atoms with van der Waals surface area (Å²) in [5, 5.41) is 19.8. The lowest BCUT2D eigenvalue weighted by Crippen LogP contribution is -2.23. The molecular formula is C10H11NO4S. The summed E-state index contributed by atoms with van der Waals surface area (Å²) in [5.74, 6) is -2.50. The highest BCUT2D eigenvalue weighted by atomic mass is 32.1. The van der Waals surface area contributed by atoms with Crippen LogP contribution in [0, 0.1) is 0 Å². The van der Waals surface area contributed by atoms with Crippen LogP contribution >= 0.6 is 11.3 Å². The number of carboxylic acid groups (broad SMARTS) is 2. The fraction of sp³-hybridized carbons (Fsp3) is 0.200. The third-order valence-corrected chi connectivity index (χ3v) is 2.76. The summed E-state index contributed by atoms with van der Waals surface area (Å²) >= 11 is 1.19. The number of hydrogen-bond acceptors (Lipinski definition) is 4. The largest absolute Gasteiger partial charge is 0.478 e. The van der Waals surface area contributed by atoms with Crippen LogP contribution in [0.25, 0.3) is 5.57 Å². The van der Waals surface area contributed by atoms with Gasteiger partial charge < -0.3 is 15.1 Å². The van der Waals surface area contributed by atoms with Crippen molar-refractivity contribution in [2.45, 2.75) is 0 Å². The van der Waals surface area contributed by atoms with E-state index in [0.29, 0.717) is 4.88 Å². The Balaban J connectivity index is 3.44. The van der Waals surface area contributed by atoms with Crippen LogP contribution < -0.4 is 0 Å². The molecule has 0 aliphatic carbocycles. The van der Waals surface area contributed by atoms with Gasteiger partial charge in [-0.05, 0) is 11.4 Å². The number of likely N-dealkylation sites (N-methyl/N-ethyl adjacent to an activating group) is 1. The highest BCUT2D eigenvalue weighted by Crippen LogP contribution is 2.25. The molecular weight excluding hydrogens is 230 g/mol. The van der Waals surface area contributed by atoms with Gasteiger partial charge in [0.25, 0.3) is 0 Å². The molecule has 0 saturated heterocycles. The number of rotatable bonds is 4. The van der Waals surface area contributed by atoms with Gasteiger partial charge in [-0.3, -0.25) is 0 Å². The van der Waals surface area contributed by atoms with Crippen molar-refractivity contribution in [1.29, 1.82) is 0 Å². The standard InChI is InChI=1S/C10H11NO4S/c1-11(2)8(10(14)15)7(9(12)13)6-4-3-5-16-6/h3-5H,1-2H3,(H,12,13)(H,14,15). The molecule has 0 unspecified atom stereocenters. The Labute approximate surface area is 96.2 Å². The lowest BCUT2D eigenvalue weighted by Gasteiger charge is -2.15. The van der Waals surface area contributed by atoms with Gasteiger partial charge in [-0.25, -0.2) is 9.59 Å². The molecule has 0 atom stereocenters.